The first kappa shape index (κ1) is 17.5. The summed E-state index contributed by atoms with van der Waals surface area (Å²) in [5.74, 6) is 0.572. The molecule has 1 amide bonds. The third kappa shape index (κ3) is 3.38. The van der Waals surface area contributed by atoms with Crippen LogP contribution in [0.3, 0.4) is 0 Å². The van der Waals surface area contributed by atoms with Gasteiger partial charge in [0.15, 0.2) is 5.82 Å². The Morgan fingerprint density at radius 1 is 1.30 bits per heavy atom. The Hall–Kier alpha value is -2.93. The van der Waals surface area contributed by atoms with Gasteiger partial charge in [0, 0.05) is 34.8 Å². The molecule has 1 aliphatic heterocycles. The third-order valence-corrected chi connectivity index (χ3v) is 5.19. The van der Waals surface area contributed by atoms with Crippen molar-refractivity contribution in [3.05, 3.63) is 52.8 Å². The Kier molecular flexibility index (Phi) is 4.53. The van der Waals surface area contributed by atoms with Gasteiger partial charge in [-0.05, 0) is 43.0 Å². The number of nitrogens with two attached hydrogens (primary N) is 1. The lowest BCUT2D eigenvalue weighted by atomic mass is 9.97. The van der Waals surface area contributed by atoms with E-state index < -0.39 is 0 Å². The van der Waals surface area contributed by atoms with Gasteiger partial charge < -0.3 is 5.73 Å². The number of nitrogens with zero attached hydrogens (tertiary/aromatic N) is 4. The Morgan fingerprint density at radius 2 is 2.11 bits per heavy atom. The predicted octanol–water partition coefficient (Wildman–Crippen LogP) is 3.01. The van der Waals surface area contributed by atoms with E-state index in [4.69, 9.17) is 17.3 Å². The summed E-state index contributed by atoms with van der Waals surface area (Å²) in [6.45, 7) is 2.59. The molecule has 3 aromatic rings. The molecule has 1 aliphatic rings. The van der Waals surface area contributed by atoms with Crippen LogP contribution in [0.25, 0.3) is 11.3 Å². The van der Waals surface area contributed by atoms with E-state index >= 15 is 0 Å². The molecule has 0 spiro atoms. The monoisotopic (exact) mass is 382 g/mol. The SMILES string of the molecule is Cc1cnncc1-c1cc(N2CCC(Cc3ccc(Cl)cc3N)C2=O)n[nH]1. The first-order valence-electron chi connectivity index (χ1n) is 8.71. The number of halogens is 1. The second kappa shape index (κ2) is 7.00. The van der Waals surface area contributed by atoms with Gasteiger partial charge in [-0.1, -0.05) is 17.7 Å². The van der Waals surface area contributed by atoms with E-state index in [0.717, 1.165) is 28.8 Å². The lowest BCUT2D eigenvalue weighted by molar-refractivity contribution is -0.120. The zero-order valence-electron chi connectivity index (χ0n) is 14.8. The zero-order valence-corrected chi connectivity index (χ0v) is 15.6. The number of hydrogen-bond acceptors (Lipinski definition) is 5. The summed E-state index contributed by atoms with van der Waals surface area (Å²) in [6, 6.07) is 7.29. The number of nitrogens with one attached hydrogen (secondary N) is 1. The fourth-order valence-corrected chi connectivity index (χ4v) is 3.61. The second-order valence-electron chi connectivity index (χ2n) is 6.75. The number of aromatic nitrogens is 4. The average Bonchev–Trinajstić information content (AvgIpc) is 3.25. The summed E-state index contributed by atoms with van der Waals surface area (Å²) in [5, 5.41) is 15.7. The molecule has 1 unspecified atom stereocenters. The van der Waals surface area contributed by atoms with Crippen molar-refractivity contribution >= 4 is 29.0 Å². The molecular formula is C19H19ClN6O. The van der Waals surface area contributed by atoms with Gasteiger partial charge in [-0.15, -0.1) is 0 Å². The molecule has 0 saturated carbocycles. The standard InChI is InChI=1S/C19H19ClN6O/c1-11-9-22-23-10-15(11)17-8-18(25-24-17)26-5-4-13(19(26)27)6-12-2-3-14(20)7-16(12)21/h2-3,7-10,13H,4-6,21H2,1H3,(H,24,25). The van der Waals surface area contributed by atoms with Crippen molar-refractivity contribution in [2.75, 3.05) is 17.2 Å². The molecule has 0 radical (unpaired) electrons. The molecule has 2 aromatic heterocycles. The maximum Gasteiger partial charge on any atom is 0.231 e. The van der Waals surface area contributed by atoms with Crippen molar-refractivity contribution in [1.82, 2.24) is 20.4 Å². The number of H-pyrrole nitrogens is 1. The molecule has 0 bridgehead atoms. The van der Waals surface area contributed by atoms with Crippen LogP contribution in [0, 0.1) is 12.8 Å². The summed E-state index contributed by atoms with van der Waals surface area (Å²) in [4.78, 5) is 14.6. The first-order valence-corrected chi connectivity index (χ1v) is 9.09. The van der Waals surface area contributed by atoms with Crippen molar-refractivity contribution in [3.63, 3.8) is 0 Å². The van der Waals surface area contributed by atoms with Crippen LogP contribution in [-0.4, -0.2) is 32.8 Å². The highest BCUT2D eigenvalue weighted by Gasteiger charge is 2.34. The molecule has 138 valence electrons. The summed E-state index contributed by atoms with van der Waals surface area (Å²) in [5.41, 5.74) is 10.3. The van der Waals surface area contributed by atoms with Crippen molar-refractivity contribution in [2.45, 2.75) is 19.8 Å². The molecule has 3 N–H and O–H groups in total. The minimum absolute atomic E-state index is 0.0620. The van der Waals surface area contributed by atoms with Gasteiger partial charge in [-0.25, -0.2) is 0 Å². The number of anilines is 2. The second-order valence-corrected chi connectivity index (χ2v) is 7.18. The van der Waals surface area contributed by atoms with Gasteiger partial charge in [0.25, 0.3) is 0 Å². The third-order valence-electron chi connectivity index (χ3n) is 4.95. The van der Waals surface area contributed by atoms with E-state index in [1.807, 2.05) is 19.1 Å². The lowest BCUT2D eigenvalue weighted by Crippen LogP contribution is -2.28. The van der Waals surface area contributed by atoms with E-state index in [2.05, 4.69) is 20.4 Å². The van der Waals surface area contributed by atoms with E-state index in [1.54, 1.807) is 29.4 Å². The van der Waals surface area contributed by atoms with Crippen LogP contribution in [0.4, 0.5) is 11.5 Å². The highest BCUT2D eigenvalue weighted by molar-refractivity contribution is 6.30. The van der Waals surface area contributed by atoms with Crippen molar-refractivity contribution in [2.24, 2.45) is 5.92 Å². The summed E-state index contributed by atoms with van der Waals surface area (Å²) in [7, 11) is 0. The minimum Gasteiger partial charge on any atom is -0.398 e. The van der Waals surface area contributed by atoms with E-state index in [0.29, 0.717) is 29.5 Å². The molecule has 27 heavy (non-hydrogen) atoms. The van der Waals surface area contributed by atoms with Gasteiger partial charge in [0.1, 0.15) is 0 Å². The average molecular weight is 383 g/mol. The number of rotatable bonds is 4. The molecule has 7 nitrogen and oxygen atoms in total. The normalized spacial score (nSPS) is 16.9. The smallest absolute Gasteiger partial charge is 0.231 e. The summed E-state index contributed by atoms with van der Waals surface area (Å²) in [6.07, 6.45) is 4.75. The van der Waals surface area contributed by atoms with Gasteiger partial charge >= 0.3 is 0 Å². The molecular weight excluding hydrogens is 364 g/mol. The highest BCUT2D eigenvalue weighted by Crippen LogP contribution is 2.31. The van der Waals surface area contributed by atoms with Crippen LogP contribution in [0.1, 0.15) is 17.5 Å². The molecule has 4 rings (SSSR count). The number of aromatic amines is 1. The quantitative estimate of drug-likeness (QED) is 0.675. The number of carbonyl (C=O) groups is 1. The molecule has 1 fully saturated rings. The number of aryl methyl sites for hydroxylation is 1. The maximum absolute atomic E-state index is 12.9. The number of amides is 1. The van der Waals surface area contributed by atoms with Crippen LogP contribution < -0.4 is 10.6 Å². The molecule has 1 saturated heterocycles. The van der Waals surface area contributed by atoms with Gasteiger partial charge in [0.2, 0.25) is 5.91 Å². The number of nitrogen functional groups attached to an aromatic ring is 1. The first-order chi connectivity index (χ1) is 13.0. The van der Waals surface area contributed by atoms with Crippen molar-refractivity contribution < 1.29 is 4.79 Å². The lowest BCUT2D eigenvalue weighted by Gasteiger charge is -2.14. The van der Waals surface area contributed by atoms with Crippen LogP contribution in [0.2, 0.25) is 5.02 Å². The van der Waals surface area contributed by atoms with Crippen LogP contribution in [0.15, 0.2) is 36.7 Å². The van der Waals surface area contributed by atoms with E-state index in [1.165, 1.54) is 0 Å². The van der Waals surface area contributed by atoms with Gasteiger partial charge in [-0.2, -0.15) is 15.3 Å². The van der Waals surface area contributed by atoms with E-state index in [9.17, 15) is 4.79 Å². The van der Waals surface area contributed by atoms with Gasteiger partial charge in [-0.3, -0.25) is 14.8 Å². The van der Waals surface area contributed by atoms with Crippen LogP contribution >= 0.6 is 11.6 Å². The zero-order chi connectivity index (χ0) is 19.0. The largest absolute Gasteiger partial charge is 0.398 e. The van der Waals surface area contributed by atoms with Crippen LogP contribution in [-0.2, 0) is 11.2 Å². The summed E-state index contributed by atoms with van der Waals surface area (Å²) < 4.78 is 0. The molecule has 3 heterocycles. The maximum atomic E-state index is 12.9. The van der Waals surface area contributed by atoms with Crippen molar-refractivity contribution in [1.29, 1.82) is 0 Å². The van der Waals surface area contributed by atoms with Crippen LogP contribution in [0.5, 0.6) is 0 Å². The molecule has 0 aliphatic carbocycles. The number of carbonyl (C=O) groups excluding carboxylic acids is 1. The Morgan fingerprint density at radius 3 is 2.89 bits per heavy atom. The fourth-order valence-electron chi connectivity index (χ4n) is 3.42. The predicted molar refractivity (Wildman–Crippen MR) is 104 cm³/mol. The Labute approximate surface area is 161 Å². The Bertz CT molecular complexity index is 1000. The minimum atomic E-state index is -0.113. The van der Waals surface area contributed by atoms with Crippen molar-refractivity contribution in [3.8, 4) is 11.3 Å². The Balaban J connectivity index is 1.52. The molecule has 8 heteroatoms. The molecule has 1 atom stereocenters. The van der Waals surface area contributed by atoms with E-state index in [-0.39, 0.29) is 11.8 Å². The molecule has 1 aromatic carbocycles. The topological polar surface area (TPSA) is 101 Å². The highest BCUT2D eigenvalue weighted by atomic mass is 35.5. The summed E-state index contributed by atoms with van der Waals surface area (Å²) >= 11 is 5.95. The van der Waals surface area contributed by atoms with Gasteiger partial charge in [0.05, 0.1) is 18.1 Å². The number of hydrogen-bond donors (Lipinski definition) is 2. The number of benzene rings is 1. The fraction of sp³-hybridized carbons (Fsp3) is 0.263.